The summed E-state index contributed by atoms with van der Waals surface area (Å²) < 4.78 is 209. The Hall–Kier alpha value is -3.24. The molecule has 0 aromatic carbocycles. The maximum absolute atomic E-state index is 12.7. The van der Waals surface area contributed by atoms with Gasteiger partial charge in [0.2, 0.25) is 0 Å². The fourth-order valence-electron chi connectivity index (χ4n) is 1.46. The maximum atomic E-state index is 12.7. The second kappa shape index (κ2) is 16.6. The zero-order valence-electron chi connectivity index (χ0n) is 20.8. The van der Waals surface area contributed by atoms with E-state index in [2.05, 4.69) is 18.9 Å². The van der Waals surface area contributed by atoms with Crippen LogP contribution in [0.4, 0.5) is 70.2 Å². The van der Waals surface area contributed by atoms with Crippen LogP contribution in [0.3, 0.4) is 0 Å². The van der Waals surface area contributed by atoms with Gasteiger partial charge >= 0.3 is 72.8 Å². The van der Waals surface area contributed by atoms with Crippen LogP contribution in [0.5, 0.6) is 0 Å². The molecule has 0 amide bonds. The van der Waals surface area contributed by atoms with Gasteiger partial charge in [0.25, 0.3) is 0 Å². The first-order valence-electron chi connectivity index (χ1n) is 10.4. The van der Waals surface area contributed by atoms with Gasteiger partial charge in [0.15, 0.2) is 26.4 Å². The predicted octanol–water partition coefficient (Wildman–Crippen LogP) is 4.92. The number of ether oxygens (including phenoxy) is 4. The van der Waals surface area contributed by atoms with E-state index in [1.165, 1.54) is 0 Å². The van der Waals surface area contributed by atoms with Crippen LogP contribution < -0.4 is 0 Å². The minimum atomic E-state index is -4.71. The minimum absolute atomic E-state index is 0.137. The molecule has 24 heteroatoms. The highest BCUT2D eigenvalue weighted by Gasteiger charge is 2.53. The van der Waals surface area contributed by atoms with Gasteiger partial charge in [-0.1, -0.05) is 0 Å². The third-order valence-corrected chi connectivity index (χ3v) is 3.87. The Labute approximate surface area is 228 Å². The lowest BCUT2D eigenvalue weighted by molar-refractivity contribution is -0.222. The Kier molecular flexibility index (Phi) is 16.1. The normalized spacial score (nSPS) is 12.9. The Morgan fingerprint density at radius 2 is 0.674 bits per heavy atom. The van der Waals surface area contributed by atoms with Crippen molar-refractivity contribution in [3.8, 4) is 0 Å². The highest BCUT2D eigenvalue weighted by Crippen LogP contribution is 2.33. The number of hydrogen-bond donors (Lipinski definition) is 0. The van der Waals surface area contributed by atoms with E-state index >= 15 is 0 Å². The van der Waals surface area contributed by atoms with Crippen LogP contribution in [0.2, 0.25) is 0 Å². The van der Waals surface area contributed by atoms with Crippen LogP contribution in [0.15, 0.2) is 0 Å². The number of rotatable bonds is 16. The predicted molar refractivity (Wildman–Crippen MR) is 101 cm³/mol. The molecular weight excluding hydrogens is 660 g/mol. The molecule has 0 aromatic heterocycles. The summed E-state index contributed by atoms with van der Waals surface area (Å²) in [5.74, 6) is -30.2. The van der Waals surface area contributed by atoms with Gasteiger partial charge in [-0.2, -0.15) is 35.1 Å². The molecule has 0 aliphatic rings. The standard InChI is InChI=1S/C10H10F8O4.C9H8F8O4/c1-8(13,14)10(17,18)4-22-6(20)2-5(19)21-3-9(15,16)7(11)12;10-6(11)8(14,15)2-20-4(18)1-5(19)21-3-9(16,17)7(12)13/h7H,2-4H2,1H3;6-7H,1-3H2. The van der Waals surface area contributed by atoms with Crippen molar-refractivity contribution < 1.29 is 108 Å². The maximum Gasteiger partial charge on any atom is 0.343 e. The summed E-state index contributed by atoms with van der Waals surface area (Å²) in [5, 5.41) is 0. The molecule has 0 saturated carbocycles. The van der Waals surface area contributed by atoms with Crippen LogP contribution >= 0.6 is 0 Å². The summed E-state index contributed by atoms with van der Waals surface area (Å²) in [4.78, 5) is 43.1. The summed E-state index contributed by atoms with van der Waals surface area (Å²) in [6.45, 7) is -8.31. The van der Waals surface area contributed by atoms with Crippen molar-refractivity contribution in [2.75, 3.05) is 26.4 Å². The van der Waals surface area contributed by atoms with E-state index in [1.807, 2.05) is 0 Å². The summed E-state index contributed by atoms with van der Waals surface area (Å²) in [6.07, 6.45) is -15.3. The molecule has 43 heavy (non-hydrogen) atoms. The van der Waals surface area contributed by atoms with Crippen molar-refractivity contribution in [1.82, 2.24) is 0 Å². The molecular formula is C19H18F16O8. The quantitative estimate of drug-likeness (QED) is 0.0982. The number of carbonyl (C=O) groups excluding carboxylic acids is 4. The first-order valence-corrected chi connectivity index (χ1v) is 10.4. The number of carbonyl (C=O) groups is 4. The van der Waals surface area contributed by atoms with Gasteiger partial charge in [0.1, 0.15) is 12.8 Å². The van der Waals surface area contributed by atoms with Crippen molar-refractivity contribution in [1.29, 1.82) is 0 Å². The molecule has 254 valence electrons. The van der Waals surface area contributed by atoms with Crippen LogP contribution in [-0.4, -0.2) is 99.2 Å². The lowest BCUT2D eigenvalue weighted by Gasteiger charge is -2.22. The molecule has 0 saturated heterocycles. The molecule has 8 nitrogen and oxygen atoms in total. The van der Waals surface area contributed by atoms with Crippen molar-refractivity contribution in [3.05, 3.63) is 0 Å². The monoisotopic (exact) mass is 678 g/mol. The fourth-order valence-corrected chi connectivity index (χ4v) is 1.46. The SMILES string of the molecule is CC(F)(F)C(F)(F)COC(=O)CC(=O)OCC(F)(F)C(F)F.O=C(CC(=O)OCC(F)(F)C(F)F)OCC(F)(F)C(F)F. The van der Waals surface area contributed by atoms with Crippen molar-refractivity contribution >= 4 is 23.9 Å². The molecule has 0 aliphatic carbocycles. The van der Waals surface area contributed by atoms with E-state index in [0.29, 0.717) is 0 Å². The summed E-state index contributed by atoms with van der Waals surface area (Å²) >= 11 is 0. The molecule has 0 N–H and O–H groups in total. The highest BCUT2D eigenvalue weighted by atomic mass is 19.3. The smallest absolute Gasteiger partial charge is 0.343 e. The van der Waals surface area contributed by atoms with Crippen LogP contribution in [0, 0.1) is 0 Å². The van der Waals surface area contributed by atoms with Gasteiger partial charge in [0.05, 0.1) is 0 Å². The average molecular weight is 678 g/mol. The Bertz CT molecular complexity index is 887. The second-order valence-electron chi connectivity index (χ2n) is 7.77. The molecule has 0 fully saturated rings. The molecule has 0 bridgehead atoms. The van der Waals surface area contributed by atoms with E-state index in [1.54, 1.807) is 0 Å². The van der Waals surface area contributed by atoms with Gasteiger partial charge in [0, 0.05) is 6.92 Å². The summed E-state index contributed by atoms with van der Waals surface area (Å²) in [7, 11) is 0. The molecule has 0 heterocycles. The highest BCUT2D eigenvalue weighted by molar-refractivity contribution is 5.91. The van der Waals surface area contributed by atoms with Crippen LogP contribution in [0.25, 0.3) is 0 Å². The molecule has 0 rings (SSSR count). The van der Waals surface area contributed by atoms with Gasteiger partial charge < -0.3 is 18.9 Å². The lowest BCUT2D eigenvalue weighted by atomic mass is 10.2. The first-order chi connectivity index (χ1) is 19.1. The third kappa shape index (κ3) is 16.8. The van der Waals surface area contributed by atoms with Crippen molar-refractivity contribution in [3.63, 3.8) is 0 Å². The molecule has 0 aromatic rings. The van der Waals surface area contributed by atoms with E-state index in [-0.39, 0.29) is 6.92 Å². The number of halogens is 16. The molecule has 0 aliphatic heterocycles. The van der Waals surface area contributed by atoms with Gasteiger partial charge in [-0.05, 0) is 0 Å². The molecule has 0 atom stereocenters. The van der Waals surface area contributed by atoms with Crippen LogP contribution in [0.1, 0.15) is 19.8 Å². The number of hydrogen-bond acceptors (Lipinski definition) is 8. The lowest BCUT2D eigenvalue weighted by Crippen LogP contribution is -2.42. The minimum Gasteiger partial charge on any atom is -0.459 e. The molecule has 0 spiro atoms. The van der Waals surface area contributed by atoms with Gasteiger partial charge in [-0.15, -0.1) is 0 Å². The molecule has 0 radical (unpaired) electrons. The fraction of sp³-hybridized carbons (Fsp3) is 0.789. The Morgan fingerprint density at radius 1 is 0.465 bits per heavy atom. The zero-order valence-corrected chi connectivity index (χ0v) is 20.8. The van der Waals surface area contributed by atoms with Crippen molar-refractivity contribution in [2.24, 2.45) is 0 Å². The topological polar surface area (TPSA) is 105 Å². The zero-order chi connectivity index (χ0) is 34.6. The number of alkyl halides is 16. The van der Waals surface area contributed by atoms with E-state index in [0.717, 1.165) is 0 Å². The Morgan fingerprint density at radius 3 is 0.860 bits per heavy atom. The molecule has 0 unspecified atom stereocenters. The number of esters is 4. The van der Waals surface area contributed by atoms with Gasteiger partial charge in [-0.25, -0.2) is 35.1 Å². The van der Waals surface area contributed by atoms with E-state index in [9.17, 15) is 89.4 Å². The summed E-state index contributed by atoms with van der Waals surface area (Å²) in [5.41, 5.74) is 0. The average Bonchev–Trinajstić information content (AvgIpc) is 2.83. The Balaban J connectivity index is 0. The van der Waals surface area contributed by atoms with Crippen molar-refractivity contribution in [2.45, 2.75) is 68.7 Å². The second-order valence-corrected chi connectivity index (χ2v) is 7.77. The van der Waals surface area contributed by atoms with Crippen LogP contribution in [-0.2, 0) is 38.1 Å². The summed E-state index contributed by atoms with van der Waals surface area (Å²) in [6, 6.07) is 0. The largest absolute Gasteiger partial charge is 0.459 e. The third-order valence-electron chi connectivity index (χ3n) is 3.87. The first kappa shape index (κ1) is 41.9. The van der Waals surface area contributed by atoms with E-state index < -0.39 is 112 Å². The van der Waals surface area contributed by atoms with Gasteiger partial charge in [-0.3, -0.25) is 19.2 Å². The van der Waals surface area contributed by atoms with E-state index in [4.69, 9.17) is 0 Å².